The number of hydrogen-bond donors (Lipinski definition) is 1. The SMILES string of the molecule is COC(=O)CC12CCC(c3ccc(-c4snc(C)c4NC(=O)OC(C)c4ccccc4)cc3)(CC1)CC2. The topological polar surface area (TPSA) is 77.5 Å². The van der Waals surface area contributed by atoms with Gasteiger partial charge in [0.15, 0.2) is 0 Å². The summed E-state index contributed by atoms with van der Waals surface area (Å²) in [6.07, 6.45) is 6.28. The number of nitrogens with zero attached hydrogens (tertiary/aromatic N) is 1. The number of carbonyl (C=O) groups excluding carboxylic acids is 2. The molecule has 1 unspecified atom stereocenters. The minimum atomic E-state index is -0.490. The predicted molar refractivity (Wildman–Crippen MR) is 146 cm³/mol. The summed E-state index contributed by atoms with van der Waals surface area (Å²) in [5.41, 5.74) is 5.14. The molecule has 1 heterocycles. The molecule has 6 rings (SSSR count). The average molecular weight is 519 g/mol. The molecule has 1 N–H and O–H groups in total. The third kappa shape index (κ3) is 5.14. The second kappa shape index (κ2) is 10.3. The number of methoxy groups -OCH3 is 1. The summed E-state index contributed by atoms with van der Waals surface area (Å²) in [4.78, 5) is 25.6. The molecule has 0 saturated heterocycles. The highest BCUT2D eigenvalue weighted by Gasteiger charge is 2.50. The van der Waals surface area contributed by atoms with Gasteiger partial charge in [-0.15, -0.1) is 0 Å². The van der Waals surface area contributed by atoms with Crippen molar-refractivity contribution >= 4 is 29.3 Å². The van der Waals surface area contributed by atoms with E-state index >= 15 is 0 Å². The van der Waals surface area contributed by atoms with E-state index in [0.717, 1.165) is 60.2 Å². The number of amides is 1. The van der Waals surface area contributed by atoms with Crippen LogP contribution in [0.1, 0.15) is 74.8 Å². The van der Waals surface area contributed by atoms with Crippen LogP contribution in [0, 0.1) is 12.3 Å². The van der Waals surface area contributed by atoms with Gasteiger partial charge in [-0.05, 0) is 91.4 Å². The van der Waals surface area contributed by atoms with Crippen LogP contribution in [0.15, 0.2) is 54.6 Å². The Morgan fingerprint density at radius 2 is 1.65 bits per heavy atom. The van der Waals surface area contributed by atoms with E-state index in [2.05, 4.69) is 34.0 Å². The van der Waals surface area contributed by atoms with Crippen LogP contribution in [-0.4, -0.2) is 23.5 Å². The summed E-state index contributed by atoms with van der Waals surface area (Å²) in [5, 5.41) is 2.93. The number of anilines is 1. The van der Waals surface area contributed by atoms with Gasteiger partial charge in [-0.25, -0.2) is 4.79 Å². The molecule has 0 radical (unpaired) electrons. The van der Waals surface area contributed by atoms with E-state index in [0.29, 0.717) is 12.1 Å². The van der Waals surface area contributed by atoms with E-state index in [1.165, 1.54) is 24.2 Å². The molecule has 37 heavy (non-hydrogen) atoms. The van der Waals surface area contributed by atoms with Gasteiger partial charge in [0.2, 0.25) is 0 Å². The van der Waals surface area contributed by atoms with Crippen LogP contribution in [0.25, 0.3) is 10.4 Å². The van der Waals surface area contributed by atoms with Crippen molar-refractivity contribution in [1.29, 1.82) is 0 Å². The molecule has 3 saturated carbocycles. The molecule has 3 aromatic rings. The third-order valence-corrected chi connectivity index (χ3v) is 9.54. The third-order valence-electron chi connectivity index (χ3n) is 8.55. The lowest BCUT2D eigenvalue weighted by Gasteiger charge is -2.53. The number of nitrogens with one attached hydrogen (secondary N) is 1. The van der Waals surface area contributed by atoms with Crippen molar-refractivity contribution in [2.24, 2.45) is 5.41 Å². The molecule has 194 valence electrons. The van der Waals surface area contributed by atoms with Gasteiger partial charge in [0.25, 0.3) is 0 Å². The first-order valence-electron chi connectivity index (χ1n) is 13.0. The first-order valence-corrected chi connectivity index (χ1v) is 13.8. The standard InChI is InChI=1S/C30H34N2O4S/c1-20-26(31-28(34)36-21(2)22-7-5-4-6-8-22)27(37-32-20)23-9-11-24(12-10-23)30-16-13-29(14-17-30,15-18-30)19-25(33)35-3/h4-12,21H,13-19H2,1-3H3,(H,31,34). The van der Waals surface area contributed by atoms with Crippen molar-refractivity contribution in [3.05, 3.63) is 71.4 Å². The van der Waals surface area contributed by atoms with Gasteiger partial charge in [0.05, 0.1) is 29.8 Å². The Morgan fingerprint density at radius 3 is 2.27 bits per heavy atom. The van der Waals surface area contributed by atoms with Gasteiger partial charge in [0.1, 0.15) is 6.10 Å². The van der Waals surface area contributed by atoms with E-state index in [4.69, 9.17) is 9.47 Å². The molecule has 3 aliphatic carbocycles. The minimum absolute atomic E-state index is 0.0820. The normalized spacial score (nSPS) is 23.3. The highest BCUT2D eigenvalue weighted by molar-refractivity contribution is 7.10. The van der Waals surface area contributed by atoms with Crippen molar-refractivity contribution in [3.8, 4) is 10.4 Å². The maximum absolute atomic E-state index is 12.7. The van der Waals surface area contributed by atoms with Gasteiger partial charge in [-0.1, -0.05) is 54.6 Å². The monoisotopic (exact) mass is 518 g/mol. The Labute approximate surface area is 222 Å². The van der Waals surface area contributed by atoms with Crippen molar-refractivity contribution in [3.63, 3.8) is 0 Å². The molecule has 1 amide bonds. The lowest BCUT2D eigenvalue weighted by Crippen LogP contribution is -2.45. The number of benzene rings is 2. The number of aromatic nitrogens is 1. The van der Waals surface area contributed by atoms with Gasteiger partial charge in [-0.3, -0.25) is 10.1 Å². The average Bonchev–Trinajstić information content (AvgIpc) is 3.29. The molecular formula is C30H34N2O4S. The summed E-state index contributed by atoms with van der Waals surface area (Å²) in [5.74, 6) is -0.0820. The largest absolute Gasteiger partial charge is 0.469 e. The molecule has 0 spiro atoms. The smallest absolute Gasteiger partial charge is 0.412 e. The molecule has 1 aromatic heterocycles. The predicted octanol–water partition coefficient (Wildman–Crippen LogP) is 7.58. The fourth-order valence-electron chi connectivity index (χ4n) is 6.11. The number of esters is 1. The van der Waals surface area contributed by atoms with Crippen molar-refractivity contribution < 1.29 is 19.1 Å². The molecule has 6 nitrogen and oxygen atoms in total. The summed E-state index contributed by atoms with van der Waals surface area (Å²) in [6.45, 7) is 3.76. The van der Waals surface area contributed by atoms with Crippen molar-refractivity contribution in [2.75, 3.05) is 12.4 Å². The van der Waals surface area contributed by atoms with Crippen LogP contribution in [0.4, 0.5) is 10.5 Å². The lowest BCUT2D eigenvalue weighted by atomic mass is 9.51. The van der Waals surface area contributed by atoms with E-state index in [1.54, 1.807) is 0 Å². The molecule has 3 fully saturated rings. The first kappa shape index (κ1) is 25.5. The lowest BCUT2D eigenvalue weighted by molar-refractivity contribution is -0.145. The Hall–Kier alpha value is -3.19. The van der Waals surface area contributed by atoms with E-state index in [-0.39, 0.29) is 22.9 Å². The van der Waals surface area contributed by atoms with Crippen LogP contribution in [-0.2, 0) is 19.7 Å². The molecule has 2 bridgehead atoms. The molecule has 7 heteroatoms. The zero-order valence-corrected chi connectivity index (χ0v) is 22.5. The number of carbonyl (C=O) groups is 2. The summed E-state index contributed by atoms with van der Waals surface area (Å²) < 4.78 is 15.1. The van der Waals surface area contributed by atoms with E-state index in [9.17, 15) is 9.59 Å². The number of aryl methyl sites for hydroxylation is 1. The second-order valence-corrected chi connectivity index (χ2v) is 11.4. The van der Waals surface area contributed by atoms with E-state index in [1.807, 2.05) is 44.2 Å². The number of hydrogen-bond acceptors (Lipinski definition) is 6. The maximum atomic E-state index is 12.7. The Bertz CT molecular complexity index is 1240. The second-order valence-electron chi connectivity index (χ2n) is 10.7. The van der Waals surface area contributed by atoms with Gasteiger partial charge < -0.3 is 9.47 Å². The molecule has 0 aliphatic heterocycles. The van der Waals surface area contributed by atoms with Crippen LogP contribution in [0.3, 0.4) is 0 Å². The van der Waals surface area contributed by atoms with Gasteiger partial charge in [0, 0.05) is 0 Å². The summed E-state index contributed by atoms with van der Waals surface area (Å²) in [7, 11) is 1.48. The van der Waals surface area contributed by atoms with Crippen molar-refractivity contribution in [2.45, 2.75) is 70.3 Å². The number of rotatable bonds is 7. The molecular weight excluding hydrogens is 484 g/mol. The zero-order valence-electron chi connectivity index (χ0n) is 21.7. The summed E-state index contributed by atoms with van der Waals surface area (Å²) in [6, 6.07) is 18.5. The van der Waals surface area contributed by atoms with Crippen LogP contribution >= 0.6 is 11.5 Å². The van der Waals surface area contributed by atoms with Crippen LogP contribution in [0.5, 0.6) is 0 Å². The Balaban J connectivity index is 1.27. The molecule has 3 aliphatic rings. The fraction of sp³-hybridized carbons (Fsp3) is 0.433. The highest BCUT2D eigenvalue weighted by Crippen LogP contribution is 2.59. The number of fused-ring (bicyclic) bond motifs is 3. The zero-order chi connectivity index (χ0) is 26.0. The molecule has 2 aromatic carbocycles. The minimum Gasteiger partial charge on any atom is -0.469 e. The van der Waals surface area contributed by atoms with Crippen LogP contribution in [0.2, 0.25) is 0 Å². The Morgan fingerprint density at radius 1 is 1.00 bits per heavy atom. The van der Waals surface area contributed by atoms with Gasteiger partial charge >= 0.3 is 12.1 Å². The van der Waals surface area contributed by atoms with Crippen LogP contribution < -0.4 is 5.32 Å². The fourth-order valence-corrected chi connectivity index (χ4v) is 6.96. The summed E-state index contributed by atoms with van der Waals surface area (Å²) >= 11 is 1.38. The van der Waals surface area contributed by atoms with E-state index < -0.39 is 6.09 Å². The number of ether oxygens (including phenoxy) is 2. The van der Waals surface area contributed by atoms with Gasteiger partial charge in [-0.2, -0.15) is 4.37 Å². The quantitative estimate of drug-likeness (QED) is 0.326. The first-order chi connectivity index (χ1) is 17.8. The van der Waals surface area contributed by atoms with Crippen molar-refractivity contribution in [1.82, 2.24) is 4.37 Å². The molecule has 1 atom stereocenters. The Kier molecular flexibility index (Phi) is 7.08. The highest BCUT2D eigenvalue weighted by atomic mass is 32.1. The maximum Gasteiger partial charge on any atom is 0.412 e.